The molecule has 0 bridgehead atoms. The number of aromatic hydroxyl groups is 2. The molecule has 3 aromatic rings. The van der Waals surface area contributed by atoms with Crippen molar-refractivity contribution in [3.8, 4) is 23.0 Å². The van der Waals surface area contributed by atoms with Gasteiger partial charge in [-0.2, -0.15) is 0 Å². The number of aryl methyl sites for hydroxylation is 1. The smallest absolute Gasteiger partial charge is 0.263 e. The summed E-state index contributed by atoms with van der Waals surface area (Å²) >= 11 is 0. The van der Waals surface area contributed by atoms with E-state index in [9.17, 15) is 15.0 Å². The summed E-state index contributed by atoms with van der Waals surface area (Å²) in [5, 5.41) is 22.1. The third-order valence-electron chi connectivity index (χ3n) is 6.20. The number of hydrogen-bond donors (Lipinski definition) is 2. The monoisotopic (exact) mass is 443 g/mol. The molecule has 168 valence electrons. The minimum absolute atomic E-state index is 0.0133. The van der Waals surface area contributed by atoms with Crippen molar-refractivity contribution in [1.29, 1.82) is 0 Å². The average Bonchev–Trinajstić information content (AvgIpc) is 3.05. The number of phenolic OH excluding ortho intramolecular Hbond substituents is 2. The van der Waals surface area contributed by atoms with Gasteiger partial charge >= 0.3 is 0 Å². The summed E-state index contributed by atoms with van der Waals surface area (Å²) in [6.07, 6.45) is 3.92. The first-order valence-electron chi connectivity index (χ1n) is 10.8. The van der Waals surface area contributed by atoms with Gasteiger partial charge in [0.1, 0.15) is 17.1 Å². The number of benzene rings is 3. The third kappa shape index (κ3) is 3.13. The highest BCUT2D eigenvalue weighted by Gasteiger charge is 2.45. The largest absolute Gasteiger partial charge is 0.507 e. The summed E-state index contributed by atoms with van der Waals surface area (Å²) in [7, 11) is 1.46. The molecule has 0 spiro atoms. The quantitative estimate of drug-likeness (QED) is 0.571. The van der Waals surface area contributed by atoms with Gasteiger partial charge in [-0.3, -0.25) is 9.69 Å². The molecule has 33 heavy (non-hydrogen) atoms. The van der Waals surface area contributed by atoms with Crippen LogP contribution in [0.3, 0.4) is 0 Å². The van der Waals surface area contributed by atoms with Crippen LogP contribution in [-0.2, 0) is 0 Å². The zero-order chi connectivity index (χ0) is 23.5. The Morgan fingerprint density at radius 1 is 1.09 bits per heavy atom. The van der Waals surface area contributed by atoms with Crippen molar-refractivity contribution < 1.29 is 24.5 Å². The van der Waals surface area contributed by atoms with Crippen molar-refractivity contribution in [2.45, 2.75) is 32.4 Å². The molecule has 0 fully saturated rings. The van der Waals surface area contributed by atoms with Gasteiger partial charge < -0.3 is 19.7 Å². The standard InChI is InChI=1S/C27H25NO5/c1-15-14-18-20(23(30)24(15)32-4)26(31)28(17-8-6-5-7-9-17)22(18)21-19(29)11-10-16-12-13-27(2,3)33-25(16)21/h5-14,22,29-30H,1-4H3/t22-/m0/s1. The van der Waals surface area contributed by atoms with Crippen LogP contribution in [0.2, 0.25) is 0 Å². The minimum Gasteiger partial charge on any atom is -0.507 e. The van der Waals surface area contributed by atoms with Crippen molar-refractivity contribution in [1.82, 2.24) is 0 Å². The molecule has 0 saturated heterocycles. The number of anilines is 1. The predicted molar refractivity (Wildman–Crippen MR) is 126 cm³/mol. The lowest BCUT2D eigenvalue weighted by Crippen LogP contribution is -2.32. The number of methoxy groups -OCH3 is 1. The van der Waals surface area contributed by atoms with Crippen LogP contribution in [0, 0.1) is 6.92 Å². The number of phenols is 2. The molecule has 0 aromatic heterocycles. The lowest BCUT2D eigenvalue weighted by molar-refractivity contribution is 0.0990. The fourth-order valence-electron chi connectivity index (χ4n) is 4.73. The van der Waals surface area contributed by atoms with Gasteiger partial charge in [0, 0.05) is 11.3 Å². The van der Waals surface area contributed by atoms with Gasteiger partial charge in [0.05, 0.1) is 24.3 Å². The number of fused-ring (bicyclic) bond motifs is 2. The molecule has 1 amide bonds. The molecule has 2 aliphatic heterocycles. The summed E-state index contributed by atoms with van der Waals surface area (Å²) in [6.45, 7) is 5.68. The zero-order valence-electron chi connectivity index (χ0n) is 18.9. The topological polar surface area (TPSA) is 79.2 Å². The Kier molecular flexibility index (Phi) is 4.64. The number of ether oxygens (including phenoxy) is 2. The maximum absolute atomic E-state index is 13.8. The number of hydrogen-bond acceptors (Lipinski definition) is 5. The van der Waals surface area contributed by atoms with E-state index in [4.69, 9.17) is 9.47 Å². The third-order valence-corrected chi connectivity index (χ3v) is 6.20. The first kappa shape index (κ1) is 20.9. The molecule has 6 heteroatoms. The van der Waals surface area contributed by atoms with E-state index in [1.165, 1.54) is 7.11 Å². The molecule has 0 saturated carbocycles. The number of para-hydroxylation sites is 1. The number of rotatable bonds is 3. The van der Waals surface area contributed by atoms with Crippen LogP contribution in [0.15, 0.2) is 54.6 Å². The van der Waals surface area contributed by atoms with Crippen LogP contribution in [0.5, 0.6) is 23.0 Å². The molecule has 2 N–H and O–H groups in total. The summed E-state index contributed by atoms with van der Waals surface area (Å²) < 4.78 is 11.7. The van der Waals surface area contributed by atoms with E-state index >= 15 is 0 Å². The molecule has 1 atom stereocenters. The van der Waals surface area contributed by atoms with Crippen LogP contribution in [-0.4, -0.2) is 28.8 Å². The molecule has 0 aliphatic carbocycles. The Morgan fingerprint density at radius 3 is 2.52 bits per heavy atom. The number of carbonyl (C=O) groups is 1. The highest BCUT2D eigenvalue weighted by atomic mass is 16.5. The van der Waals surface area contributed by atoms with Crippen molar-refractivity contribution in [2.75, 3.05) is 12.0 Å². The van der Waals surface area contributed by atoms with Gasteiger partial charge in [-0.15, -0.1) is 0 Å². The van der Waals surface area contributed by atoms with Gasteiger partial charge in [-0.1, -0.05) is 24.3 Å². The summed E-state index contributed by atoms with van der Waals surface area (Å²) in [5.74, 6) is 0.211. The second-order valence-corrected chi connectivity index (χ2v) is 8.91. The zero-order valence-corrected chi connectivity index (χ0v) is 18.9. The molecular formula is C27H25NO5. The molecule has 0 unspecified atom stereocenters. The lowest BCUT2D eigenvalue weighted by atomic mass is 9.90. The van der Waals surface area contributed by atoms with E-state index in [0.717, 1.165) is 5.56 Å². The SMILES string of the molecule is COc1c(C)cc2c(c1O)C(=O)N(c1ccccc1)[C@@H]2c1c(O)ccc2c1OC(C)(C)C=C2. The number of nitrogens with zero attached hydrogens (tertiary/aromatic N) is 1. The Labute approximate surface area is 192 Å². The Morgan fingerprint density at radius 2 is 1.82 bits per heavy atom. The minimum atomic E-state index is -0.706. The van der Waals surface area contributed by atoms with Crippen LogP contribution in [0.1, 0.15) is 52.5 Å². The summed E-state index contributed by atoms with van der Waals surface area (Å²) in [5.41, 5.74) is 2.77. The van der Waals surface area contributed by atoms with Gasteiger partial charge in [0.25, 0.3) is 5.91 Å². The van der Waals surface area contributed by atoms with Crippen LogP contribution in [0.4, 0.5) is 5.69 Å². The molecule has 0 radical (unpaired) electrons. The van der Waals surface area contributed by atoms with E-state index < -0.39 is 11.6 Å². The second kappa shape index (κ2) is 7.30. The summed E-state index contributed by atoms with van der Waals surface area (Å²) in [4.78, 5) is 15.4. The molecule has 2 heterocycles. The highest BCUT2D eigenvalue weighted by Crippen LogP contribution is 2.53. The summed E-state index contributed by atoms with van der Waals surface area (Å²) in [6, 6.07) is 13.8. The first-order chi connectivity index (χ1) is 15.7. The average molecular weight is 443 g/mol. The van der Waals surface area contributed by atoms with E-state index in [1.807, 2.05) is 69.3 Å². The fraction of sp³-hybridized carbons (Fsp3) is 0.222. The van der Waals surface area contributed by atoms with E-state index in [0.29, 0.717) is 28.1 Å². The van der Waals surface area contributed by atoms with Gasteiger partial charge in [0.15, 0.2) is 11.5 Å². The lowest BCUT2D eigenvalue weighted by Gasteiger charge is -2.33. The van der Waals surface area contributed by atoms with Gasteiger partial charge in [-0.05, 0) is 68.3 Å². The van der Waals surface area contributed by atoms with Gasteiger partial charge in [-0.25, -0.2) is 0 Å². The van der Waals surface area contributed by atoms with Crippen molar-refractivity contribution in [3.63, 3.8) is 0 Å². The van der Waals surface area contributed by atoms with Crippen molar-refractivity contribution in [2.24, 2.45) is 0 Å². The number of amides is 1. The molecule has 5 rings (SSSR count). The molecule has 2 aliphatic rings. The highest BCUT2D eigenvalue weighted by molar-refractivity contribution is 6.14. The van der Waals surface area contributed by atoms with E-state index in [1.54, 1.807) is 17.0 Å². The Hall–Kier alpha value is -3.93. The Balaban J connectivity index is 1.84. The normalized spacial score (nSPS) is 18.0. The van der Waals surface area contributed by atoms with Crippen molar-refractivity contribution >= 4 is 17.7 Å². The molecular weight excluding hydrogens is 418 g/mol. The van der Waals surface area contributed by atoms with E-state index in [2.05, 4.69) is 0 Å². The maximum Gasteiger partial charge on any atom is 0.263 e. The van der Waals surface area contributed by atoms with E-state index in [-0.39, 0.29) is 28.7 Å². The van der Waals surface area contributed by atoms with Crippen LogP contribution >= 0.6 is 0 Å². The first-order valence-corrected chi connectivity index (χ1v) is 10.8. The van der Waals surface area contributed by atoms with Gasteiger partial charge in [0.2, 0.25) is 0 Å². The number of carbonyl (C=O) groups excluding carboxylic acids is 1. The van der Waals surface area contributed by atoms with Crippen LogP contribution < -0.4 is 14.4 Å². The predicted octanol–water partition coefficient (Wildman–Crippen LogP) is 5.35. The maximum atomic E-state index is 13.8. The fourth-order valence-corrected chi connectivity index (χ4v) is 4.73. The van der Waals surface area contributed by atoms with Crippen molar-refractivity contribution in [3.05, 3.63) is 82.4 Å². The molecule has 3 aromatic carbocycles. The van der Waals surface area contributed by atoms with Crippen LogP contribution in [0.25, 0.3) is 6.08 Å². The molecule has 6 nitrogen and oxygen atoms in total. The second-order valence-electron chi connectivity index (χ2n) is 8.91. The Bertz CT molecular complexity index is 1310.